The van der Waals surface area contributed by atoms with Crippen LogP contribution in [0.25, 0.3) is 10.2 Å². The quantitative estimate of drug-likeness (QED) is 0.408. The Morgan fingerprint density at radius 1 is 1.42 bits per heavy atom. The third kappa shape index (κ3) is 4.09. The van der Waals surface area contributed by atoms with Crippen LogP contribution in [-0.4, -0.2) is 33.9 Å². The predicted octanol–water partition coefficient (Wildman–Crippen LogP) is 3.52. The fourth-order valence-electron chi connectivity index (χ4n) is 3.65. The fourth-order valence-corrected chi connectivity index (χ4v) is 5.33. The maximum absolute atomic E-state index is 13.1. The lowest BCUT2D eigenvalue weighted by molar-refractivity contribution is -0.123. The van der Waals surface area contributed by atoms with Gasteiger partial charge in [0.05, 0.1) is 29.5 Å². The lowest BCUT2D eigenvalue weighted by Crippen LogP contribution is -2.34. The molecule has 10 heteroatoms. The van der Waals surface area contributed by atoms with E-state index >= 15 is 0 Å². The van der Waals surface area contributed by atoms with E-state index in [0.29, 0.717) is 15.4 Å². The highest BCUT2D eigenvalue weighted by molar-refractivity contribution is 9.10. The molecule has 162 valence electrons. The number of aryl methyl sites for hydroxylation is 2. The minimum atomic E-state index is -0.776. The summed E-state index contributed by atoms with van der Waals surface area (Å²) in [5, 5.41) is 14.5. The molecule has 4 rings (SSSR count). The van der Waals surface area contributed by atoms with Crippen molar-refractivity contribution < 1.29 is 14.6 Å². The number of phenolic OH excluding ortho intramolecular Hbond substituents is 1. The van der Waals surface area contributed by atoms with Crippen LogP contribution in [0.5, 0.6) is 11.5 Å². The van der Waals surface area contributed by atoms with Crippen LogP contribution in [0.2, 0.25) is 0 Å². The molecule has 2 aromatic heterocycles. The van der Waals surface area contributed by atoms with Crippen LogP contribution in [0, 0.1) is 0 Å². The first-order valence-corrected chi connectivity index (χ1v) is 11.4. The molecule has 1 aromatic carbocycles. The average Bonchev–Trinajstić information content (AvgIpc) is 3.15. The normalized spacial score (nSPS) is 14.5. The van der Waals surface area contributed by atoms with E-state index in [0.717, 1.165) is 36.1 Å². The Bertz CT molecular complexity index is 1250. The Hall–Kier alpha value is -2.72. The van der Waals surface area contributed by atoms with Crippen LogP contribution in [0.3, 0.4) is 0 Å². The minimum Gasteiger partial charge on any atom is -0.503 e. The number of aromatic nitrogens is 2. The van der Waals surface area contributed by atoms with Gasteiger partial charge in [0.1, 0.15) is 10.9 Å². The third-order valence-electron chi connectivity index (χ3n) is 5.36. The first-order valence-electron chi connectivity index (χ1n) is 9.81. The molecule has 2 N–H and O–H groups in total. The highest BCUT2D eigenvalue weighted by atomic mass is 79.9. The second-order valence-corrected chi connectivity index (χ2v) is 9.25. The molecule has 0 unspecified atom stereocenters. The van der Waals surface area contributed by atoms with E-state index in [4.69, 9.17) is 4.74 Å². The molecule has 2 heterocycles. The standard InChI is InChI=1S/C21H21BrN4O4S/c1-11(19(28)25-24-9-12-7-14(22)18(27)15(8-12)30-2)26-10-23-20-17(21(26)29)13-5-3-4-6-16(13)31-20/h7-11,27H,3-6H2,1-2H3,(H,25,28)/b24-9+/t11-/m1/s1. The maximum atomic E-state index is 13.1. The van der Waals surface area contributed by atoms with E-state index in [1.807, 2.05) is 0 Å². The van der Waals surface area contributed by atoms with Gasteiger partial charge in [0.25, 0.3) is 11.5 Å². The molecule has 1 atom stereocenters. The van der Waals surface area contributed by atoms with Gasteiger partial charge in [0.2, 0.25) is 0 Å². The van der Waals surface area contributed by atoms with E-state index in [1.165, 1.54) is 29.1 Å². The Morgan fingerprint density at radius 2 is 2.19 bits per heavy atom. The number of phenols is 1. The molecule has 31 heavy (non-hydrogen) atoms. The van der Waals surface area contributed by atoms with Crippen LogP contribution >= 0.6 is 27.3 Å². The van der Waals surface area contributed by atoms with Crippen molar-refractivity contribution in [2.45, 2.75) is 38.6 Å². The predicted molar refractivity (Wildman–Crippen MR) is 123 cm³/mol. The second-order valence-electron chi connectivity index (χ2n) is 7.31. The molecule has 0 bridgehead atoms. The number of hydrogen-bond donors (Lipinski definition) is 2. The fraction of sp³-hybridized carbons (Fsp3) is 0.333. The monoisotopic (exact) mass is 504 g/mol. The number of nitrogens with zero attached hydrogens (tertiary/aromatic N) is 3. The second kappa shape index (κ2) is 8.80. The molecule has 8 nitrogen and oxygen atoms in total. The number of ether oxygens (including phenoxy) is 1. The van der Waals surface area contributed by atoms with Crippen molar-refractivity contribution in [1.82, 2.24) is 15.0 Å². The van der Waals surface area contributed by atoms with Gasteiger partial charge in [0, 0.05) is 4.88 Å². The summed E-state index contributed by atoms with van der Waals surface area (Å²) in [5.74, 6) is -0.177. The van der Waals surface area contributed by atoms with Gasteiger partial charge in [-0.05, 0) is 71.8 Å². The maximum Gasteiger partial charge on any atom is 0.263 e. The molecular formula is C21H21BrN4O4S. The van der Waals surface area contributed by atoms with Crippen molar-refractivity contribution in [2.24, 2.45) is 5.10 Å². The van der Waals surface area contributed by atoms with Crippen LogP contribution < -0.4 is 15.7 Å². The number of carbonyl (C=O) groups is 1. The smallest absolute Gasteiger partial charge is 0.263 e. The summed E-state index contributed by atoms with van der Waals surface area (Å²) >= 11 is 4.82. The number of carbonyl (C=O) groups excluding carboxylic acids is 1. The number of aromatic hydroxyl groups is 1. The highest BCUT2D eigenvalue weighted by Gasteiger charge is 2.23. The van der Waals surface area contributed by atoms with E-state index in [-0.39, 0.29) is 17.1 Å². The lowest BCUT2D eigenvalue weighted by atomic mass is 9.97. The minimum absolute atomic E-state index is 0.0183. The van der Waals surface area contributed by atoms with Gasteiger partial charge in [-0.25, -0.2) is 10.4 Å². The van der Waals surface area contributed by atoms with Gasteiger partial charge in [0.15, 0.2) is 11.5 Å². The van der Waals surface area contributed by atoms with Gasteiger partial charge < -0.3 is 9.84 Å². The highest BCUT2D eigenvalue weighted by Crippen LogP contribution is 2.35. The van der Waals surface area contributed by atoms with Crippen molar-refractivity contribution in [3.8, 4) is 11.5 Å². The molecule has 3 aromatic rings. The van der Waals surface area contributed by atoms with Crippen molar-refractivity contribution >= 4 is 49.6 Å². The molecule has 1 aliphatic rings. The van der Waals surface area contributed by atoms with Crippen LogP contribution in [-0.2, 0) is 17.6 Å². The summed E-state index contributed by atoms with van der Waals surface area (Å²) in [6.07, 6.45) is 6.93. The number of amides is 1. The topological polar surface area (TPSA) is 106 Å². The molecule has 1 aliphatic carbocycles. The van der Waals surface area contributed by atoms with Crippen LogP contribution in [0.15, 0.2) is 32.8 Å². The van der Waals surface area contributed by atoms with E-state index in [1.54, 1.807) is 30.4 Å². The average molecular weight is 505 g/mol. The first-order chi connectivity index (χ1) is 14.9. The zero-order valence-corrected chi connectivity index (χ0v) is 19.4. The van der Waals surface area contributed by atoms with Crippen molar-refractivity contribution in [1.29, 1.82) is 0 Å². The van der Waals surface area contributed by atoms with Gasteiger partial charge in [-0.1, -0.05) is 0 Å². The van der Waals surface area contributed by atoms with Gasteiger partial charge in [-0.15, -0.1) is 11.3 Å². The zero-order valence-electron chi connectivity index (χ0n) is 17.0. The molecule has 0 spiro atoms. The molecule has 1 amide bonds. The SMILES string of the molecule is COc1cc(/C=N/NC(=O)[C@@H](C)n2cnc3sc4c(c3c2=O)CCCC4)cc(Br)c1O. The molecule has 0 aliphatic heterocycles. The molecule has 0 saturated carbocycles. The van der Waals surface area contributed by atoms with Crippen LogP contribution in [0.1, 0.15) is 41.8 Å². The summed E-state index contributed by atoms with van der Waals surface area (Å²) in [5.41, 5.74) is 3.97. The summed E-state index contributed by atoms with van der Waals surface area (Å²) < 4.78 is 6.90. The number of methoxy groups -OCH3 is 1. The number of thiophene rings is 1. The number of rotatable bonds is 5. The summed E-state index contributed by atoms with van der Waals surface area (Å²) in [6.45, 7) is 1.64. The molecule has 0 saturated heterocycles. The van der Waals surface area contributed by atoms with Crippen molar-refractivity contribution in [3.63, 3.8) is 0 Å². The number of benzene rings is 1. The zero-order chi connectivity index (χ0) is 22.1. The van der Waals surface area contributed by atoms with Crippen molar-refractivity contribution in [3.05, 3.63) is 49.3 Å². The molecule has 0 radical (unpaired) electrons. The van der Waals surface area contributed by atoms with Crippen molar-refractivity contribution in [2.75, 3.05) is 7.11 Å². The molecule has 0 fully saturated rings. The third-order valence-corrected chi connectivity index (χ3v) is 7.16. The number of hydrogen-bond acceptors (Lipinski definition) is 7. The van der Waals surface area contributed by atoms with E-state index in [2.05, 4.69) is 31.4 Å². The Kier molecular flexibility index (Phi) is 6.10. The van der Waals surface area contributed by atoms with Gasteiger partial charge in [-0.2, -0.15) is 5.10 Å². The van der Waals surface area contributed by atoms with Crippen LogP contribution in [0.4, 0.5) is 0 Å². The summed E-state index contributed by atoms with van der Waals surface area (Å²) in [7, 11) is 1.44. The van der Waals surface area contributed by atoms with Gasteiger partial charge in [-0.3, -0.25) is 14.2 Å². The number of hydrazone groups is 1. The number of fused-ring (bicyclic) bond motifs is 3. The molecular weight excluding hydrogens is 484 g/mol. The first kappa shape index (κ1) is 21.5. The Morgan fingerprint density at radius 3 is 2.97 bits per heavy atom. The lowest BCUT2D eigenvalue weighted by Gasteiger charge is -2.14. The summed E-state index contributed by atoms with van der Waals surface area (Å²) in [4.78, 5) is 32.1. The largest absolute Gasteiger partial charge is 0.503 e. The number of nitrogens with one attached hydrogen (secondary N) is 1. The van der Waals surface area contributed by atoms with E-state index in [9.17, 15) is 14.7 Å². The Labute approximate surface area is 190 Å². The van der Waals surface area contributed by atoms with Gasteiger partial charge >= 0.3 is 0 Å². The van der Waals surface area contributed by atoms with E-state index < -0.39 is 11.9 Å². The number of halogens is 1. The Balaban J connectivity index is 1.54. The summed E-state index contributed by atoms with van der Waals surface area (Å²) in [6, 6.07) is 2.45.